The zero-order valence-corrected chi connectivity index (χ0v) is 14.7. The van der Waals surface area contributed by atoms with Crippen molar-refractivity contribution in [3.8, 4) is 0 Å². The number of aryl methyl sites for hydroxylation is 2. The molecule has 0 spiro atoms. The van der Waals surface area contributed by atoms with Gasteiger partial charge in [-0.05, 0) is 32.8 Å². The van der Waals surface area contributed by atoms with E-state index < -0.39 is 0 Å². The summed E-state index contributed by atoms with van der Waals surface area (Å²) >= 11 is 0. The van der Waals surface area contributed by atoms with Crippen LogP contribution >= 0.6 is 0 Å². The summed E-state index contributed by atoms with van der Waals surface area (Å²) in [6, 6.07) is 8.38. The molecule has 2 atom stereocenters. The van der Waals surface area contributed by atoms with Crippen LogP contribution in [0.5, 0.6) is 0 Å². The van der Waals surface area contributed by atoms with Crippen molar-refractivity contribution >= 4 is 11.0 Å². The standard InChI is InChI=1S/C19H22N4O2/c1-11-4-6-14(7-5-11)13(3)23-18-16(12(2)22-23)19(24)21-17(20-18)15-8-9-25-10-15/h4-7,13,15H,8-10H2,1-3H3,(H,20,21,24). The summed E-state index contributed by atoms with van der Waals surface area (Å²) in [5, 5.41) is 5.19. The molecule has 130 valence electrons. The average molecular weight is 338 g/mol. The Balaban J connectivity index is 1.85. The number of H-pyrrole nitrogens is 1. The quantitative estimate of drug-likeness (QED) is 0.797. The van der Waals surface area contributed by atoms with Crippen LogP contribution in [0.25, 0.3) is 11.0 Å². The van der Waals surface area contributed by atoms with Crippen molar-refractivity contribution in [1.82, 2.24) is 19.7 Å². The first-order valence-electron chi connectivity index (χ1n) is 8.68. The fourth-order valence-corrected chi connectivity index (χ4v) is 3.43. The van der Waals surface area contributed by atoms with Gasteiger partial charge in [0.2, 0.25) is 0 Å². The van der Waals surface area contributed by atoms with E-state index in [0.717, 1.165) is 12.0 Å². The van der Waals surface area contributed by atoms with Crippen LogP contribution in [0.15, 0.2) is 29.1 Å². The molecule has 6 nitrogen and oxygen atoms in total. The number of hydrogen-bond acceptors (Lipinski definition) is 4. The van der Waals surface area contributed by atoms with Crippen LogP contribution in [0.3, 0.4) is 0 Å². The molecule has 1 aliphatic rings. The molecule has 1 saturated heterocycles. The molecule has 0 saturated carbocycles. The Hall–Kier alpha value is -2.47. The highest BCUT2D eigenvalue weighted by atomic mass is 16.5. The Bertz CT molecular complexity index is 965. The first-order chi connectivity index (χ1) is 12.0. The Kier molecular flexibility index (Phi) is 3.92. The van der Waals surface area contributed by atoms with E-state index in [1.54, 1.807) is 0 Å². The van der Waals surface area contributed by atoms with Crippen molar-refractivity contribution in [2.24, 2.45) is 0 Å². The van der Waals surface area contributed by atoms with Crippen LogP contribution in [-0.4, -0.2) is 33.0 Å². The van der Waals surface area contributed by atoms with Gasteiger partial charge in [-0.25, -0.2) is 9.67 Å². The number of benzene rings is 1. The molecule has 25 heavy (non-hydrogen) atoms. The lowest BCUT2D eigenvalue weighted by atomic mass is 10.1. The highest BCUT2D eigenvalue weighted by Gasteiger charge is 2.24. The fourth-order valence-electron chi connectivity index (χ4n) is 3.43. The third kappa shape index (κ3) is 2.76. The molecule has 6 heteroatoms. The topological polar surface area (TPSA) is 72.8 Å². The van der Waals surface area contributed by atoms with E-state index in [1.807, 2.05) is 11.6 Å². The second kappa shape index (κ2) is 6.11. The molecule has 2 aromatic heterocycles. The number of aromatic nitrogens is 4. The third-order valence-corrected chi connectivity index (χ3v) is 5.00. The van der Waals surface area contributed by atoms with Gasteiger partial charge in [0.15, 0.2) is 5.65 Å². The minimum atomic E-state index is -0.119. The van der Waals surface area contributed by atoms with E-state index >= 15 is 0 Å². The minimum Gasteiger partial charge on any atom is -0.381 e. The van der Waals surface area contributed by atoms with E-state index in [9.17, 15) is 4.79 Å². The molecule has 1 fully saturated rings. The number of aromatic amines is 1. The zero-order valence-electron chi connectivity index (χ0n) is 14.7. The van der Waals surface area contributed by atoms with Gasteiger partial charge in [-0.2, -0.15) is 5.10 Å². The molecule has 1 aromatic carbocycles. The van der Waals surface area contributed by atoms with Crippen LogP contribution in [0.1, 0.15) is 47.9 Å². The Labute approximate surface area is 145 Å². The highest BCUT2D eigenvalue weighted by molar-refractivity contribution is 5.77. The summed E-state index contributed by atoms with van der Waals surface area (Å²) in [6.45, 7) is 7.33. The van der Waals surface area contributed by atoms with Gasteiger partial charge in [-0.3, -0.25) is 4.79 Å². The van der Waals surface area contributed by atoms with E-state index in [4.69, 9.17) is 9.72 Å². The molecule has 0 amide bonds. The molecular formula is C19H22N4O2. The summed E-state index contributed by atoms with van der Waals surface area (Å²) in [6.07, 6.45) is 0.884. The van der Waals surface area contributed by atoms with Crippen LogP contribution in [-0.2, 0) is 4.74 Å². The van der Waals surface area contributed by atoms with Gasteiger partial charge in [0.1, 0.15) is 11.2 Å². The second-order valence-electron chi connectivity index (χ2n) is 6.83. The highest BCUT2D eigenvalue weighted by Crippen LogP contribution is 2.26. The first-order valence-corrected chi connectivity index (χ1v) is 8.68. The first kappa shape index (κ1) is 16.0. The van der Waals surface area contributed by atoms with Gasteiger partial charge in [0.05, 0.1) is 18.3 Å². The molecule has 0 aliphatic carbocycles. The Morgan fingerprint density at radius 2 is 2.04 bits per heavy atom. The maximum atomic E-state index is 12.6. The van der Waals surface area contributed by atoms with Crippen molar-refractivity contribution < 1.29 is 4.74 Å². The molecule has 2 unspecified atom stereocenters. The number of nitrogens with one attached hydrogen (secondary N) is 1. The smallest absolute Gasteiger partial charge is 0.262 e. The van der Waals surface area contributed by atoms with Gasteiger partial charge in [0, 0.05) is 12.5 Å². The molecule has 0 bridgehead atoms. The SMILES string of the molecule is Cc1ccc(C(C)n2nc(C)c3c(=O)[nH]c(C4CCOC4)nc32)cc1. The van der Waals surface area contributed by atoms with Crippen molar-refractivity contribution in [3.63, 3.8) is 0 Å². The van der Waals surface area contributed by atoms with Crippen LogP contribution in [0.2, 0.25) is 0 Å². The van der Waals surface area contributed by atoms with Crippen LogP contribution in [0.4, 0.5) is 0 Å². The van der Waals surface area contributed by atoms with Gasteiger partial charge in [-0.15, -0.1) is 0 Å². The number of fused-ring (bicyclic) bond motifs is 1. The number of rotatable bonds is 3. The average Bonchev–Trinajstić information content (AvgIpc) is 3.23. The van der Waals surface area contributed by atoms with Gasteiger partial charge in [-0.1, -0.05) is 29.8 Å². The summed E-state index contributed by atoms with van der Waals surface area (Å²) in [5.74, 6) is 0.850. The molecule has 3 heterocycles. The molecule has 0 radical (unpaired) electrons. The van der Waals surface area contributed by atoms with Crippen molar-refractivity contribution in [1.29, 1.82) is 0 Å². The predicted octanol–water partition coefficient (Wildman–Crippen LogP) is 2.85. The van der Waals surface area contributed by atoms with Crippen LogP contribution < -0.4 is 5.56 Å². The van der Waals surface area contributed by atoms with E-state index in [-0.39, 0.29) is 17.5 Å². The van der Waals surface area contributed by atoms with E-state index in [0.29, 0.717) is 35.8 Å². The molecule has 3 aromatic rings. The second-order valence-corrected chi connectivity index (χ2v) is 6.83. The molecular weight excluding hydrogens is 316 g/mol. The fraction of sp³-hybridized carbons (Fsp3) is 0.421. The van der Waals surface area contributed by atoms with E-state index in [1.165, 1.54) is 5.56 Å². The molecule has 1 aliphatic heterocycles. The lowest BCUT2D eigenvalue weighted by Gasteiger charge is -2.14. The summed E-state index contributed by atoms with van der Waals surface area (Å²) in [5.41, 5.74) is 3.60. The Morgan fingerprint density at radius 3 is 2.72 bits per heavy atom. The lowest BCUT2D eigenvalue weighted by Crippen LogP contribution is -2.17. The van der Waals surface area contributed by atoms with Crippen LogP contribution in [0, 0.1) is 13.8 Å². The monoisotopic (exact) mass is 338 g/mol. The minimum absolute atomic E-state index is 0.00113. The third-order valence-electron chi connectivity index (χ3n) is 5.00. The van der Waals surface area contributed by atoms with Gasteiger partial charge in [0.25, 0.3) is 5.56 Å². The largest absolute Gasteiger partial charge is 0.381 e. The number of ether oxygens (including phenoxy) is 1. The maximum absolute atomic E-state index is 12.6. The van der Waals surface area contributed by atoms with Gasteiger partial charge < -0.3 is 9.72 Å². The van der Waals surface area contributed by atoms with Crippen molar-refractivity contribution in [3.05, 3.63) is 57.3 Å². The molecule has 1 N–H and O–H groups in total. The zero-order chi connectivity index (χ0) is 17.6. The molecule has 4 rings (SSSR count). The van der Waals surface area contributed by atoms with Crippen molar-refractivity contribution in [2.45, 2.75) is 39.2 Å². The van der Waals surface area contributed by atoms with Crippen molar-refractivity contribution in [2.75, 3.05) is 13.2 Å². The van der Waals surface area contributed by atoms with Gasteiger partial charge >= 0.3 is 0 Å². The summed E-state index contributed by atoms with van der Waals surface area (Å²) in [4.78, 5) is 20.3. The predicted molar refractivity (Wildman–Crippen MR) is 96.1 cm³/mol. The van der Waals surface area contributed by atoms with E-state index in [2.05, 4.69) is 48.2 Å². The normalized spacial score (nSPS) is 18.8. The number of hydrogen-bond donors (Lipinski definition) is 1. The summed E-state index contributed by atoms with van der Waals surface area (Å²) < 4.78 is 7.31. The number of nitrogens with zero attached hydrogens (tertiary/aromatic N) is 3. The summed E-state index contributed by atoms with van der Waals surface area (Å²) in [7, 11) is 0. The lowest BCUT2D eigenvalue weighted by molar-refractivity contribution is 0.193. The Morgan fingerprint density at radius 1 is 1.28 bits per heavy atom. The maximum Gasteiger partial charge on any atom is 0.262 e.